The molecule has 0 spiro atoms. The molecule has 12 nitrogen and oxygen atoms in total. The lowest BCUT2D eigenvalue weighted by Gasteiger charge is -2.17. The van der Waals surface area contributed by atoms with E-state index < -0.39 is 39.3 Å². The molecule has 0 fully saturated rings. The molecule has 0 radical (unpaired) electrons. The summed E-state index contributed by atoms with van der Waals surface area (Å²) in [6.07, 6.45) is 2.66. The standard InChI is InChI=1S/C25H31FN6O6S/c1-14(2)11-19-22-21(16(26)12-27-19)30-20(31-22)13-32-15(3)8-9-18(24(32)34)28-23(33)17(29-25(35)36)7-5-6-10-39(4,37)38/h6,8-10,12,14,17,29H,5,7,11,13H2,1-4H3,(H,28,33)(H,30,31)(H,35,36)/b10-6+/t17-/m0/s1. The van der Waals surface area contributed by atoms with E-state index in [0.29, 0.717) is 29.1 Å². The molecule has 3 heterocycles. The number of sulfone groups is 1. The zero-order valence-electron chi connectivity index (χ0n) is 22.0. The smallest absolute Gasteiger partial charge is 0.405 e. The van der Waals surface area contributed by atoms with Gasteiger partial charge in [-0.05, 0) is 44.2 Å². The first kappa shape index (κ1) is 29.5. The minimum Gasteiger partial charge on any atom is -0.465 e. The molecule has 1 atom stereocenters. The highest BCUT2D eigenvalue weighted by molar-refractivity contribution is 7.93. The SMILES string of the molecule is Cc1ccc(NC(=O)[C@H](CC/C=C/S(C)(=O)=O)NC(=O)O)c(=O)n1Cc1nc2c(F)cnc(CC(C)C)c2[nH]1. The number of amides is 2. The third kappa shape index (κ3) is 7.96. The van der Waals surface area contributed by atoms with Crippen molar-refractivity contribution in [2.45, 2.75) is 52.6 Å². The Balaban J connectivity index is 1.85. The number of carbonyl (C=O) groups excluding carboxylic acids is 1. The first-order valence-electron chi connectivity index (χ1n) is 12.1. The minimum absolute atomic E-state index is 0.0402. The molecule has 3 aromatic heterocycles. The second kappa shape index (κ2) is 12.2. The Morgan fingerprint density at radius 3 is 2.64 bits per heavy atom. The Labute approximate surface area is 224 Å². The number of hydrogen-bond donors (Lipinski definition) is 4. The Morgan fingerprint density at radius 2 is 2.00 bits per heavy atom. The van der Waals surface area contributed by atoms with Crippen LogP contribution in [0.2, 0.25) is 0 Å². The van der Waals surface area contributed by atoms with Crippen LogP contribution in [0.25, 0.3) is 11.0 Å². The highest BCUT2D eigenvalue weighted by atomic mass is 32.2. The number of fused-ring (bicyclic) bond motifs is 1. The molecule has 3 aromatic rings. The predicted octanol–water partition coefficient (Wildman–Crippen LogP) is 2.73. The lowest BCUT2D eigenvalue weighted by atomic mass is 10.1. The summed E-state index contributed by atoms with van der Waals surface area (Å²) < 4.78 is 38.2. The van der Waals surface area contributed by atoms with Gasteiger partial charge in [0.15, 0.2) is 15.7 Å². The Bertz CT molecular complexity index is 1580. The van der Waals surface area contributed by atoms with Crippen LogP contribution in [-0.4, -0.2) is 57.3 Å². The van der Waals surface area contributed by atoms with E-state index in [0.717, 1.165) is 17.9 Å². The summed E-state index contributed by atoms with van der Waals surface area (Å²) in [5, 5.41) is 14.6. The van der Waals surface area contributed by atoms with E-state index in [1.165, 1.54) is 16.7 Å². The fourth-order valence-corrected chi connectivity index (χ4v) is 4.42. The van der Waals surface area contributed by atoms with E-state index in [1.807, 2.05) is 13.8 Å². The van der Waals surface area contributed by atoms with Crippen LogP contribution in [-0.2, 0) is 27.6 Å². The molecule has 0 aromatic carbocycles. The lowest BCUT2D eigenvalue weighted by molar-refractivity contribution is -0.118. The number of H-pyrrole nitrogens is 1. The van der Waals surface area contributed by atoms with Crippen molar-refractivity contribution in [1.29, 1.82) is 0 Å². The molecule has 0 saturated heterocycles. The molecule has 39 heavy (non-hydrogen) atoms. The van der Waals surface area contributed by atoms with Crippen molar-refractivity contribution in [2.75, 3.05) is 11.6 Å². The summed E-state index contributed by atoms with van der Waals surface area (Å²) in [7, 11) is -3.37. The van der Waals surface area contributed by atoms with E-state index in [9.17, 15) is 27.2 Å². The highest BCUT2D eigenvalue weighted by Gasteiger charge is 2.22. The van der Waals surface area contributed by atoms with Crippen LogP contribution in [0.1, 0.15) is 43.9 Å². The van der Waals surface area contributed by atoms with Crippen LogP contribution in [0.15, 0.2) is 34.6 Å². The number of pyridine rings is 2. The lowest BCUT2D eigenvalue weighted by Crippen LogP contribution is -2.44. The number of nitrogens with zero attached hydrogens (tertiary/aromatic N) is 3. The van der Waals surface area contributed by atoms with Crippen LogP contribution in [0.3, 0.4) is 0 Å². The molecule has 0 aliphatic rings. The second-order valence-corrected chi connectivity index (χ2v) is 11.5. The Kier molecular flexibility index (Phi) is 9.22. The number of carbonyl (C=O) groups is 2. The molecule has 0 saturated carbocycles. The van der Waals surface area contributed by atoms with Crippen LogP contribution < -0.4 is 16.2 Å². The van der Waals surface area contributed by atoms with Crippen molar-refractivity contribution in [3.05, 3.63) is 63.2 Å². The second-order valence-electron chi connectivity index (χ2n) is 9.61. The third-order valence-corrected chi connectivity index (χ3v) is 6.43. The number of imidazole rings is 1. The molecule has 0 unspecified atom stereocenters. The van der Waals surface area contributed by atoms with Crippen molar-refractivity contribution in [2.24, 2.45) is 5.92 Å². The maximum absolute atomic E-state index is 14.4. The number of rotatable bonds is 11. The zero-order valence-corrected chi connectivity index (χ0v) is 22.8. The van der Waals surface area contributed by atoms with Gasteiger partial charge in [-0.3, -0.25) is 14.6 Å². The third-order valence-electron chi connectivity index (χ3n) is 5.74. The van der Waals surface area contributed by atoms with Crippen LogP contribution in [0.5, 0.6) is 0 Å². The number of carboxylic acid groups (broad SMARTS) is 1. The molecule has 0 aliphatic carbocycles. The van der Waals surface area contributed by atoms with Gasteiger partial charge in [-0.15, -0.1) is 0 Å². The van der Waals surface area contributed by atoms with E-state index in [1.54, 1.807) is 13.0 Å². The molecule has 0 bridgehead atoms. The van der Waals surface area contributed by atoms with Gasteiger partial charge < -0.3 is 25.3 Å². The van der Waals surface area contributed by atoms with E-state index in [2.05, 4.69) is 25.6 Å². The van der Waals surface area contributed by atoms with E-state index in [4.69, 9.17) is 5.11 Å². The van der Waals surface area contributed by atoms with E-state index >= 15 is 0 Å². The number of anilines is 1. The first-order valence-corrected chi connectivity index (χ1v) is 14.1. The highest BCUT2D eigenvalue weighted by Crippen LogP contribution is 2.21. The molecule has 3 rings (SSSR count). The number of halogens is 1. The van der Waals surface area contributed by atoms with Crippen LogP contribution in [0, 0.1) is 18.7 Å². The largest absolute Gasteiger partial charge is 0.465 e. The molecular formula is C25H31FN6O6S. The van der Waals surface area contributed by atoms with Crippen LogP contribution >= 0.6 is 0 Å². The fourth-order valence-electron chi connectivity index (χ4n) is 3.94. The molecule has 0 aliphatic heterocycles. The van der Waals surface area contributed by atoms with Gasteiger partial charge in [0.2, 0.25) is 5.91 Å². The predicted molar refractivity (Wildman–Crippen MR) is 144 cm³/mol. The zero-order chi connectivity index (χ0) is 28.9. The van der Waals surface area contributed by atoms with Crippen molar-refractivity contribution in [1.82, 2.24) is 24.8 Å². The van der Waals surface area contributed by atoms with Crippen LogP contribution in [0.4, 0.5) is 14.9 Å². The molecular weight excluding hydrogens is 531 g/mol. The summed E-state index contributed by atoms with van der Waals surface area (Å²) in [5.74, 6) is -0.779. The summed E-state index contributed by atoms with van der Waals surface area (Å²) in [6, 6.07) is 1.75. The van der Waals surface area contributed by atoms with Crippen molar-refractivity contribution in [3.63, 3.8) is 0 Å². The molecule has 14 heteroatoms. The monoisotopic (exact) mass is 562 g/mol. The summed E-state index contributed by atoms with van der Waals surface area (Å²) >= 11 is 0. The number of aromatic amines is 1. The summed E-state index contributed by atoms with van der Waals surface area (Å²) in [5.41, 5.74) is 1.12. The number of hydrogen-bond acceptors (Lipinski definition) is 7. The minimum atomic E-state index is -3.37. The number of nitrogens with one attached hydrogen (secondary N) is 3. The molecule has 210 valence electrons. The van der Waals surface area contributed by atoms with Gasteiger partial charge >= 0.3 is 6.09 Å². The maximum atomic E-state index is 14.4. The normalized spacial score (nSPS) is 12.8. The van der Waals surface area contributed by atoms with Crippen molar-refractivity contribution >= 4 is 38.6 Å². The van der Waals surface area contributed by atoms with E-state index in [-0.39, 0.29) is 36.5 Å². The molecule has 4 N–H and O–H groups in total. The average Bonchev–Trinajstić information content (AvgIpc) is 3.26. The summed E-state index contributed by atoms with van der Waals surface area (Å²) in [6.45, 7) is 5.67. The first-order chi connectivity index (χ1) is 18.2. The molecule has 2 amide bonds. The summed E-state index contributed by atoms with van der Waals surface area (Å²) in [4.78, 5) is 48.8. The van der Waals surface area contributed by atoms with Gasteiger partial charge in [0.05, 0.1) is 24.0 Å². The average molecular weight is 563 g/mol. The fraction of sp³-hybridized carbons (Fsp3) is 0.400. The Morgan fingerprint density at radius 1 is 1.28 bits per heavy atom. The quantitative estimate of drug-likeness (QED) is 0.276. The Hall–Kier alpha value is -4.07. The van der Waals surface area contributed by atoms with Crippen molar-refractivity contribution in [3.8, 4) is 0 Å². The van der Waals surface area contributed by atoms with Gasteiger partial charge in [0.1, 0.15) is 23.1 Å². The number of allylic oxidation sites excluding steroid dienone is 1. The maximum Gasteiger partial charge on any atom is 0.405 e. The van der Waals surface area contributed by atoms with Gasteiger partial charge in [-0.1, -0.05) is 19.9 Å². The van der Waals surface area contributed by atoms with Gasteiger partial charge in [0.25, 0.3) is 5.56 Å². The van der Waals surface area contributed by atoms with Gasteiger partial charge in [-0.2, -0.15) is 0 Å². The number of aryl methyl sites for hydroxylation is 1. The van der Waals surface area contributed by atoms with Gasteiger partial charge in [-0.25, -0.2) is 22.6 Å². The number of aromatic nitrogens is 4. The van der Waals surface area contributed by atoms with Gasteiger partial charge in [0, 0.05) is 17.4 Å². The van der Waals surface area contributed by atoms with Crippen molar-refractivity contribution < 1.29 is 27.5 Å². The topological polar surface area (TPSA) is 176 Å².